The first kappa shape index (κ1) is 17.5. The lowest BCUT2D eigenvalue weighted by Crippen LogP contribution is -2.46. The summed E-state index contributed by atoms with van der Waals surface area (Å²) in [6, 6.07) is 4.58. The Bertz CT molecular complexity index is 742. The van der Waals surface area contributed by atoms with E-state index in [0.29, 0.717) is 38.3 Å². The average molecular weight is 358 g/mol. The molecule has 0 atom stereocenters. The normalized spacial score (nSPS) is 16.3. The summed E-state index contributed by atoms with van der Waals surface area (Å²) in [5.41, 5.74) is -0.329. The Morgan fingerprint density at radius 1 is 0.960 bits per heavy atom. The van der Waals surface area contributed by atoms with Gasteiger partial charge in [-0.2, -0.15) is 13.2 Å². The van der Waals surface area contributed by atoms with Gasteiger partial charge in [0.1, 0.15) is 5.69 Å². The minimum absolute atomic E-state index is 0.0438. The van der Waals surface area contributed by atoms with Crippen molar-refractivity contribution >= 4 is 5.95 Å². The summed E-state index contributed by atoms with van der Waals surface area (Å²) in [5.74, 6) is -1.74. The fourth-order valence-corrected chi connectivity index (χ4v) is 2.66. The molecular formula is C16H15F5N4. The van der Waals surface area contributed by atoms with Crippen LogP contribution in [-0.2, 0) is 12.7 Å². The molecule has 1 fully saturated rings. The fraction of sp³-hybridized carbons (Fsp3) is 0.375. The number of hydrogen-bond acceptors (Lipinski definition) is 4. The molecule has 0 unspecified atom stereocenters. The van der Waals surface area contributed by atoms with Gasteiger partial charge in [0, 0.05) is 38.9 Å². The van der Waals surface area contributed by atoms with Crippen LogP contribution in [0.3, 0.4) is 0 Å². The van der Waals surface area contributed by atoms with Crippen LogP contribution in [0, 0.1) is 11.6 Å². The van der Waals surface area contributed by atoms with Gasteiger partial charge in [-0.1, -0.05) is 6.07 Å². The molecular weight excluding hydrogens is 343 g/mol. The maximum atomic E-state index is 13.2. The van der Waals surface area contributed by atoms with Crippen molar-refractivity contribution in [3.8, 4) is 0 Å². The smallest absolute Gasteiger partial charge is 0.338 e. The molecule has 3 rings (SSSR count). The van der Waals surface area contributed by atoms with Crippen molar-refractivity contribution in [2.75, 3.05) is 31.1 Å². The van der Waals surface area contributed by atoms with Gasteiger partial charge in [-0.25, -0.2) is 18.7 Å². The van der Waals surface area contributed by atoms with E-state index >= 15 is 0 Å². The molecule has 1 saturated heterocycles. The molecule has 1 aromatic carbocycles. The lowest BCUT2D eigenvalue weighted by Gasteiger charge is -2.34. The number of anilines is 1. The number of halogens is 5. The van der Waals surface area contributed by atoms with Crippen molar-refractivity contribution in [3.63, 3.8) is 0 Å². The number of benzene rings is 1. The molecule has 0 bridgehead atoms. The topological polar surface area (TPSA) is 32.3 Å². The molecule has 0 aliphatic carbocycles. The average Bonchev–Trinajstić information content (AvgIpc) is 2.58. The first-order valence-corrected chi connectivity index (χ1v) is 7.64. The predicted octanol–water partition coefficient (Wildman–Crippen LogP) is 3.10. The quantitative estimate of drug-likeness (QED) is 0.790. The maximum Gasteiger partial charge on any atom is 0.433 e. The lowest BCUT2D eigenvalue weighted by atomic mass is 10.2. The van der Waals surface area contributed by atoms with Crippen LogP contribution >= 0.6 is 0 Å². The van der Waals surface area contributed by atoms with E-state index in [2.05, 4.69) is 9.97 Å². The Morgan fingerprint density at radius 3 is 2.32 bits per heavy atom. The molecule has 4 nitrogen and oxygen atoms in total. The third-order valence-corrected chi connectivity index (χ3v) is 3.98. The Labute approximate surface area is 140 Å². The summed E-state index contributed by atoms with van der Waals surface area (Å²) in [7, 11) is 0. The molecule has 0 saturated carbocycles. The molecule has 2 heterocycles. The number of piperazine rings is 1. The van der Waals surface area contributed by atoms with Crippen LogP contribution in [0.15, 0.2) is 30.5 Å². The summed E-state index contributed by atoms with van der Waals surface area (Å²) >= 11 is 0. The molecule has 25 heavy (non-hydrogen) atoms. The van der Waals surface area contributed by atoms with E-state index in [-0.39, 0.29) is 5.95 Å². The van der Waals surface area contributed by atoms with Gasteiger partial charge in [0.25, 0.3) is 0 Å². The standard InChI is InChI=1S/C16H15F5N4/c17-12-2-1-11(9-13(12)18)10-24-5-7-25(8-6-24)15-22-4-3-14(23-15)16(19,20)21/h1-4,9H,5-8,10H2. The van der Waals surface area contributed by atoms with Crippen molar-refractivity contribution in [2.45, 2.75) is 12.7 Å². The van der Waals surface area contributed by atoms with Crippen LogP contribution in [0.4, 0.5) is 27.9 Å². The van der Waals surface area contributed by atoms with Crippen LogP contribution in [0.25, 0.3) is 0 Å². The van der Waals surface area contributed by atoms with Gasteiger partial charge in [0.05, 0.1) is 0 Å². The van der Waals surface area contributed by atoms with Crippen LogP contribution in [-0.4, -0.2) is 41.0 Å². The molecule has 0 amide bonds. The Hall–Kier alpha value is -2.29. The monoisotopic (exact) mass is 358 g/mol. The van der Waals surface area contributed by atoms with Crippen molar-refractivity contribution in [3.05, 3.63) is 53.4 Å². The Morgan fingerprint density at radius 2 is 1.68 bits per heavy atom. The maximum absolute atomic E-state index is 13.2. The molecule has 0 N–H and O–H groups in total. The molecule has 2 aromatic rings. The molecule has 0 radical (unpaired) electrons. The van der Waals surface area contributed by atoms with Gasteiger partial charge in [0.2, 0.25) is 5.95 Å². The lowest BCUT2D eigenvalue weighted by molar-refractivity contribution is -0.141. The predicted molar refractivity (Wildman–Crippen MR) is 80.9 cm³/mol. The van der Waals surface area contributed by atoms with E-state index in [4.69, 9.17) is 0 Å². The van der Waals surface area contributed by atoms with E-state index in [1.54, 1.807) is 4.90 Å². The van der Waals surface area contributed by atoms with E-state index in [1.807, 2.05) is 4.90 Å². The van der Waals surface area contributed by atoms with Crippen LogP contribution in [0.5, 0.6) is 0 Å². The number of rotatable bonds is 3. The van der Waals surface area contributed by atoms with E-state index in [0.717, 1.165) is 24.4 Å². The van der Waals surface area contributed by atoms with Gasteiger partial charge in [0.15, 0.2) is 11.6 Å². The molecule has 1 aromatic heterocycles. The number of nitrogens with zero attached hydrogens (tertiary/aromatic N) is 4. The first-order chi connectivity index (χ1) is 11.8. The van der Waals surface area contributed by atoms with Gasteiger partial charge in [-0.3, -0.25) is 4.90 Å². The van der Waals surface area contributed by atoms with E-state index in [9.17, 15) is 22.0 Å². The largest absolute Gasteiger partial charge is 0.433 e. The Balaban J connectivity index is 1.61. The first-order valence-electron chi connectivity index (χ1n) is 7.64. The second kappa shape index (κ2) is 6.91. The molecule has 134 valence electrons. The minimum atomic E-state index is -4.51. The van der Waals surface area contributed by atoms with Crippen molar-refractivity contribution in [1.82, 2.24) is 14.9 Å². The second-order valence-electron chi connectivity index (χ2n) is 5.75. The molecule has 0 spiro atoms. The highest BCUT2D eigenvalue weighted by Gasteiger charge is 2.33. The van der Waals surface area contributed by atoms with Crippen molar-refractivity contribution in [2.24, 2.45) is 0 Å². The zero-order chi connectivity index (χ0) is 18.0. The van der Waals surface area contributed by atoms with Crippen LogP contribution in [0.2, 0.25) is 0 Å². The highest BCUT2D eigenvalue weighted by molar-refractivity contribution is 5.32. The summed E-state index contributed by atoms with van der Waals surface area (Å²) in [5, 5.41) is 0. The third-order valence-electron chi connectivity index (χ3n) is 3.98. The van der Waals surface area contributed by atoms with Gasteiger partial charge >= 0.3 is 6.18 Å². The number of hydrogen-bond donors (Lipinski definition) is 0. The fourth-order valence-electron chi connectivity index (χ4n) is 2.66. The molecule has 1 aliphatic rings. The summed E-state index contributed by atoms with van der Waals surface area (Å²) in [6.45, 7) is 2.45. The Kier molecular flexibility index (Phi) is 4.85. The van der Waals surface area contributed by atoms with Crippen LogP contribution in [0.1, 0.15) is 11.3 Å². The van der Waals surface area contributed by atoms with Gasteiger partial charge in [-0.05, 0) is 23.8 Å². The highest BCUT2D eigenvalue weighted by Crippen LogP contribution is 2.28. The molecule has 1 aliphatic heterocycles. The van der Waals surface area contributed by atoms with Crippen LogP contribution < -0.4 is 4.90 Å². The second-order valence-corrected chi connectivity index (χ2v) is 5.75. The molecule has 9 heteroatoms. The van der Waals surface area contributed by atoms with Crippen molar-refractivity contribution in [1.29, 1.82) is 0 Å². The zero-order valence-corrected chi connectivity index (χ0v) is 13.1. The summed E-state index contributed by atoms with van der Waals surface area (Å²) in [4.78, 5) is 11.2. The van der Waals surface area contributed by atoms with E-state index < -0.39 is 23.5 Å². The number of alkyl halides is 3. The minimum Gasteiger partial charge on any atom is -0.338 e. The van der Waals surface area contributed by atoms with Gasteiger partial charge in [-0.15, -0.1) is 0 Å². The highest BCUT2D eigenvalue weighted by atomic mass is 19.4. The van der Waals surface area contributed by atoms with Gasteiger partial charge < -0.3 is 4.90 Å². The van der Waals surface area contributed by atoms with Crippen molar-refractivity contribution < 1.29 is 22.0 Å². The SMILES string of the molecule is Fc1ccc(CN2CCN(c3nccc(C(F)(F)F)n3)CC2)cc1F. The number of aromatic nitrogens is 2. The third kappa shape index (κ3) is 4.22. The summed E-state index contributed by atoms with van der Waals surface area (Å²) < 4.78 is 64.4. The van der Waals surface area contributed by atoms with E-state index in [1.165, 1.54) is 6.07 Å². The summed E-state index contributed by atoms with van der Waals surface area (Å²) in [6.07, 6.45) is -3.41. The zero-order valence-electron chi connectivity index (χ0n) is 13.1.